The van der Waals surface area contributed by atoms with Gasteiger partial charge in [0.1, 0.15) is 0 Å². The Balaban J connectivity index is 2.27. The highest BCUT2D eigenvalue weighted by molar-refractivity contribution is 5.78. The van der Waals surface area contributed by atoms with Gasteiger partial charge in [-0.05, 0) is 24.7 Å². The molecule has 0 aromatic carbocycles. The van der Waals surface area contributed by atoms with Gasteiger partial charge in [-0.25, -0.2) is 0 Å². The lowest BCUT2D eigenvalue weighted by Gasteiger charge is -2.30. The van der Waals surface area contributed by atoms with E-state index in [1.807, 2.05) is 0 Å². The van der Waals surface area contributed by atoms with Gasteiger partial charge in [-0.1, -0.05) is 12.2 Å². The van der Waals surface area contributed by atoms with Gasteiger partial charge in [0.05, 0.1) is 12.5 Å². The normalized spacial score (nSPS) is 41.1. The molecule has 2 rings (SSSR count). The Morgan fingerprint density at radius 3 is 2.85 bits per heavy atom. The van der Waals surface area contributed by atoms with Crippen LogP contribution in [0.5, 0.6) is 0 Å². The van der Waals surface area contributed by atoms with Crippen molar-refractivity contribution in [2.75, 3.05) is 13.7 Å². The summed E-state index contributed by atoms with van der Waals surface area (Å²) in [5, 5.41) is 0. The van der Waals surface area contributed by atoms with Gasteiger partial charge in [-0.15, -0.1) is 0 Å². The molecule has 3 unspecified atom stereocenters. The van der Waals surface area contributed by atoms with Crippen molar-refractivity contribution in [1.29, 1.82) is 0 Å². The number of nitrogens with two attached hydrogens (primary N) is 1. The molecule has 1 saturated carbocycles. The molecule has 2 aliphatic carbocycles. The van der Waals surface area contributed by atoms with Crippen LogP contribution in [0, 0.1) is 17.3 Å². The topological polar surface area (TPSA) is 52.3 Å². The summed E-state index contributed by atoms with van der Waals surface area (Å²) < 4.78 is 4.83. The molecule has 0 amide bonds. The van der Waals surface area contributed by atoms with Crippen LogP contribution in [0.2, 0.25) is 0 Å². The molecule has 1 fully saturated rings. The number of carbonyl (C=O) groups is 1. The summed E-state index contributed by atoms with van der Waals surface area (Å²) in [5.74, 6) is 0.731. The highest BCUT2D eigenvalue weighted by Crippen LogP contribution is 2.52. The first-order valence-electron chi connectivity index (χ1n) is 4.70. The van der Waals surface area contributed by atoms with Gasteiger partial charge in [-0.2, -0.15) is 0 Å². The molecule has 0 spiro atoms. The molecule has 0 aromatic rings. The summed E-state index contributed by atoms with van der Waals surface area (Å²) in [6.45, 7) is 0.408. The lowest BCUT2D eigenvalue weighted by Crippen LogP contribution is -2.42. The van der Waals surface area contributed by atoms with E-state index in [0.717, 1.165) is 12.8 Å². The van der Waals surface area contributed by atoms with E-state index in [2.05, 4.69) is 12.2 Å². The summed E-state index contributed by atoms with van der Waals surface area (Å²) in [7, 11) is 1.44. The molecule has 2 N–H and O–H groups in total. The fourth-order valence-corrected chi connectivity index (χ4v) is 2.71. The maximum atomic E-state index is 11.6. The van der Waals surface area contributed by atoms with Gasteiger partial charge in [0.25, 0.3) is 0 Å². The van der Waals surface area contributed by atoms with Crippen LogP contribution < -0.4 is 5.73 Å². The Kier molecular flexibility index (Phi) is 1.91. The third kappa shape index (κ3) is 1.03. The van der Waals surface area contributed by atoms with Crippen LogP contribution in [0.15, 0.2) is 12.2 Å². The molecular weight excluding hydrogens is 166 g/mol. The van der Waals surface area contributed by atoms with Gasteiger partial charge in [0.15, 0.2) is 0 Å². The zero-order chi connectivity index (χ0) is 9.47. The molecule has 0 heterocycles. The number of rotatable bonds is 2. The number of esters is 1. The number of methoxy groups -OCH3 is 1. The van der Waals surface area contributed by atoms with Crippen molar-refractivity contribution in [2.24, 2.45) is 23.0 Å². The minimum atomic E-state index is -0.409. The summed E-state index contributed by atoms with van der Waals surface area (Å²) in [6.07, 6.45) is 6.27. The van der Waals surface area contributed by atoms with Crippen LogP contribution in [-0.2, 0) is 9.53 Å². The lowest BCUT2D eigenvalue weighted by molar-refractivity contribution is -0.153. The minimum Gasteiger partial charge on any atom is -0.469 e. The van der Waals surface area contributed by atoms with E-state index in [1.165, 1.54) is 7.11 Å². The Morgan fingerprint density at radius 1 is 1.69 bits per heavy atom. The smallest absolute Gasteiger partial charge is 0.313 e. The first kappa shape index (κ1) is 8.75. The molecule has 2 bridgehead atoms. The van der Waals surface area contributed by atoms with Crippen LogP contribution in [0.1, 0.15) is 12.8 Å². The fourth-order valence-electron chi connectivity index (χ4n) is 2.71. The highest BCUT2D eigenvalue weighted by atomic mass is 16.5. The van der Waals surface area contributed by atoms with E-state index >= 15 is 0 Å². The standard InChI is InChI=1S/C10H15NO2/c1-13-9(12)10(6-11)5-7-2-3-8(10)4-7/h2-3,7-8H,4-6,11H2,1H3. The summed E-state index contributed by atoms with van der Waals surface area (Å²) in [5.41, 5.74) is 5.29. The zero-order valence-electron chi connectivity index (χ0n) is 7.82. The molecule has 0 saturated heterocycles. The molecular formula is C10H15NO2. The van der Waals surface area contributed by atoms with Crippen molar-refractivity contribution >= 4 is 5.97 Å². The zero-order valence-corrected chi connectivity index (χ0v) is 7.82. The quantitative estimate of drug-likeness (QED) is 0.504. The van der Waals surface area contributed by atoms with Crippen LogP contribution in [0.4, 0.5) is 0 Å². The third-order valence-electron chi connectivity index (χ3n) is 3.46. The molecule has 0 radical (unpaired) electrons. The predicted molar refractivity (Wildman–Crippen MR) is 48.9 cm³/mol. The van der Waals surface area contributed by atoms with E-state index < -0.39 is 5.41 Å². The van der Waals surface area contributed by atoms with Gasteiger partial charge in [0.2, 0.25) is 0 Å². The average Bonchev–Trinajstić information content (AvgIpc) is 2.75. The predicted octanol–water partition coefficient (Wildman–Crippen LogP) is 0.700. The van der Waals surface area contributed by atoms with Gasteiger partial charge < -0.3 is 10.5 Å². The number of hydrogen-bond acceptors (Lipinski definition) is 3. The highest BCUT2D eigenvalue weighted by Gasteiger charge is 2.53. The summed E-state index contributed by atoms with van der Waals surface area (Å²) in [4.78, 5) is 11.6. The van der Waals surface area contributed by atoms with Gasteiger partial charge in [0, 0.05) is 6.54 Å². The number of hydrogen-bond donors (Lipinski definition) is 1. The monoisotopic (exact) mass is 181 g/mol. The molecule has 3 nitrogen and oxygen atoms in total. The Morgan fingerprint density at radius 2 is 2.46 bits per heavy atom. The van der Waals surface area contributed by atoms with E-state index in [1.54, 1.807) is 0 Å². The largest absolute Gasteiger partial charge is 0.469 e. The molecule has 3 heteroatoms. The molecule has 2 aliphatic rings. The Labute approximate surface area is 77.9 Å². The number of ether oxygens (including phenoxy) is 1. The van der Waals surface area contributed by atoms with Crippen molar-refractivity contribution in [2.45, 2.75) is 12.8 Å². The van der Waals surface area contributed by atoms with Crippen molar-refractivity contribution in [3.8, 4) is 0 Å². The molecule has 13 heavy (non-hydrogen) atoms. The number of allylic oxidation sites excluding steroid dienone is 2. The van der Waals surface area contributed by atoms with Crippen molar-refractivity contribution < 1.29 is 9.53 Å². The van der Waals surface area contributed by atoms with E-state index in [4.69, 9.17) is 10.5 Å². The van der Waals surface area contributed by atoms with Crippen LogP contribution in [0.3, 0.4) is 0 Å². The SMILES string of the molecule is COC(=O)C1(CN)CC2C=CC1C2. The molecule has 0 aliphatic heterocycles. The van der Waals surface area contributed by atoms with Gasteiger partial charge >= 0.3 is 5.97 Å². The van der Waals surface area contributed by atoms with E-state index in [-0.39, 0.29) is 5.97 Å². The fraction of sp³-hybridized carbons (Fsp3) is 0.700. The van der Waals surface area contributed by atoms with Crippen LogP contribution in [0.25, 0.3) is 0 Å². The first-order valence-corrected chi connectivity index (χ1v) is 4.70. The average molecular weight is 181 g/mol. The van der Waals surface area contributed by atoms with Crippen molar-refractivity contribution in [1.82, 2.24) is 0 Å². The summed E-state index contributed by atoms with van der Waals surface area (Å²) >= 11 is 0. The molecule has 3 atom stereocenters. The van der Waals surface area contributed by atoms with E-state index in [0.29, 0.717) is 18.4 Å². The Hall–Kier alpha value is -0.830. The van der Waals surface area contributed by atoms with Crippen LogP contribution >= 0.6 is 0 Å². The maximum absolute atomic E-state index is 11.6. The maximum Gasteiger partial charge on any atom is 0.313 e. The summed E-state index contributed by atoms with van der Waals surface area (Å²) in [6, 6.07) is 0. The van der Waals surface area contributed by atoms with E-state index in [9.17, 15) is 4.79 Å². The second-order valence-electron chi connectivity index (χ2n) is 4.04. The molecule has 0 aromatic heterocycles. The number of carbonyl (C=O) groups excluding carboxylic acids is 1. The third-order valence-corrected chi connectivity index (χ3v) is 3.46. The van der Waals surface area contributed by atoms with Gasteiger partial charge in [-0.3, -0.25) is 4.79 Å². The second kappa shape index (κ2) is 2.84. The Bertz CT molecular complexity index is 262. The molecule has 72 valence electrons. The van der Waals surface area contributed by atoms with Crippen molar-refractivity contribution in [3.05, 3.63) is 12.2 Å². The van der Waals surface area contributed by atoms with Crippen LogP contribution in [-0.4, -0.2) is 19.6 Å². The minimum absolute atomic E-state index is 0.133. The van der Waals surface area contributed by atoms with Crippen molar-refractivity contribution in [3.63, 3.8) is 0 Å². The second-order valence-corrected chi connectivity index (χ2v) is 4.04. The lowest BCUT2D eigenvalue weighted by atomic mass is 9.76. The number of fused-ring (bicyclic) bond motifs is 2. The first-order chi connectivity index (χ1) is 6.23.